The molecule has 0 amide bonds. The molecule has 0 radical (unpaired) electrons. The van der Waals surface area contributed by atoms with Crippen molar-refractivity contribution in [1.29, 1.82) is 0 Å². The first-order valence-electron chi connectivity index (χ1n) is 7.42. The Bertz CT molecular complexity index is 367. The lowest BCUT2D eigenvalue weighted by Gasteiger charge is -2.30. The molecule has 0 aromatic heterocycles. The van der Waals surface area contributed by atoms with Crippen molar-refractivity contribution in [3.8, 4) is 5.75 Å². The van der Waals surface area contributed by atoms with E-state index in [9.17, 15) is 0 Å². The normalized spacial score (nSPS) is 11.2. The minimum absolute atomic E-state index is 0.592. The summed E-state index contributed by atoms with van der Waals surface area (Å²) in [5, 5.41) is 0. The van der Waals surface area contributed by atoms with Crippen molar-refractivity contribution in [3.63, 3.8) is 0 Å². The highest BCUT2D eigenvalue weighted by atomic mass is 16.5. The summed E-state index contributed by atoms with van der Waals surface area (Å²) >= 11 is 0. The number of nitrogens with two attached hydrogens (primary N) is 1. The molecule has 1 rings (SSSR count). The number of nitrogens with zero attached hydrogens (tertiary/aromatic N) is 1. The predicted molar refractivity (Wildman–Crippen MR) is 84.2 cm³/mol. The highest BCUT2D eigenvalue weighted by Gasteiger charge is 2.14. The quantitative estimate of drug-likeness (QED) is 0.670. The molecule has 0 aliphatic rings. The molecule has 20 heavy (non-hydrogen) atoms. The van der Waals surface area contributed by atoms with Gasteiger partial charge in [0.2, 0.25) is 0 Å². The monoisotopic (exact) mass is 280 g/mol. The summed E-state index contributed by atoms with van der Waals surface area (Å²) in [6.07, 6.45) is 2.30. The van der Waals surface area contributed by atoms with E-state index in [1.54, 1.807) is 7.11 Å². The summed E-state index contributed by atoms with van der Waals surface area (Å²) in [5.41, 5.74) is 6.48. The minimum Gasteiger partial charge on any atom is -0.492 e. The van der Waals surface area contributed by atoms with Crippen molar-refractivity contribution in [2.24, 2.45) is 0 Å². The zero-order valence-electron chi connectivity index (χ0n) is 13.0. The maximum atomic E-state index is 5.77. The van der Waals surface area contributed by atoms with E-state index in [-0.39, 0.29) is 0 Å². The summed E-state index contributed by atoms with van der Waals surface area (Å²) in [6, 6.07) is 8.16. The molecular weight excluding hydrogens is 252 g/mol. The number of hydrogen-bond acceptors (Lipinski definition) is 4. The van der Waals surface area contributed by atoms with Crippen LogP contribution < -0.4 is 10.5 Å². The Hall–Kier alpha value is -1.26. The Morgan fingerprint density at radius 1 is 1.15 bits per heavy atom. The molecule has 0 spiro atoms. The van der Waals surface area contributed by atoms with Gasteiger partial charge < -0.3 is 15.2 Å². The Morgan fingerprint density at radius 3 is 2.45 bits per heavy atom. The SMILES string of the molecule is CCC(CC)N(CCOC)CCOc1cccc(N)c1. The van der Waals surface area contributed by atoms with Crippen molar-refractivity contribution in [1.82, 2.24) is 4.90 Å². The number of methoxy groups -OCH3 is 1. The van der Waals surface area contributed by atoms with Gasteiger partial charge in [0.05, 0.1) is 6.61 Å². The Morgan fingerprint density at radius 2 is 1.85 bits per heavy atom. The van der Waals surface area contributed by atoms with Crippen LogP contribution in [0.2, 0.25) is 0 Å². The van der Waals surface area contributed by atoms with E-state index in [1.165, 1.54) is 0 Å². The molecule has 0 bridgehead atoms. The smallest absolute Gasteiger partial charge is 0.121 e. The van der Waals surface area contributed by atoms with Crippen molar-refractivity contribution in [3.05, 3.63) is 24.3 Å². The molecule has 2 N–H and O–H groups in total. The maximum Gasteiger partial charge on any atom is 0.121 e. The van der Waals surface area contributed by atoms with Crippen molar-refractivity contribution < 1.29 is 9.47 Å². The molecule has 0 saturated carbocycles. The number of hydrogen-bond donors (Lipinski definition) is 1. The average molecular weight is 280 g/mol. The second-order valence-corrected chi connectivity index (χ2v) is 4.92. The van der Waals surface area contributed by atoms with E-state index < -0.39 is 0 Å². The molecule has 0 atom stereocenters. The highest BCUT2D eigenvalue weighted by Crippen LogP contribution is 2.15. The Balaban J connectivity index is 2.44. The topological polar surface area (TPSA) is 47.7 Å². The zero-order valence-corrected chi connectivity index (χ0v) is 13.0. The van der Waals surface area contributed by atoms with Gasteiger partial charge in [0.25, 0.3) is 0 Å². The van der Waals surface area contributed by atoms with Gasteiger partial charge in [-0.2, -0.15) is 0 Å². The van der Waals surface area contributed by atoms with Crippen LogP contribution in [0.4, 0.5) is 5.69 Å². The highest BCUT2D eigenvalue weighted by molar-refractivity contribution is 5.43. The van der Waals surface area contributed by atoms with Crippen LogP contribution in [0.1, 0.15) is 26.7 Å². The molecule has 1 aromatic carbocycles. The average Bonchev–Trinajstić information content (AvgIpc) is 2.45. The number of nitrogen functional groups attached to an aromatic ring is 1. The first-order valence-corrected chi connectivity index (χ1v) is 7.42. The van der Waals surface area contributed by atoms with E-state index in [4.69, 9.17) is 15.2 Å². The summed E-state index contributed by atoms with van der Waals surface area (Å²) in [5.74, 6) is 0.834. The molecule has 4 heteroatoms. The van der Waals surface area contributed by atoms with E-state index in [0.29, 0.717) is 12.6 Å². The van der Waals surface area contributed by atoms with Gasteiger partial charge >= 0.3 is 0 Å². The molecule has 0 unspecified atom stereocenters. The van der Waals surface area contributed by atoms with Crippen LogP contribution in [0.5, 0.6) is 5.75 Å². The van der Waals surface area contributed by atoms with Crippen LogP contribution in [-0.2, 0) is 4.74 Å². The van der Waals surface area contributed by atoms with E-state index in [0.717, 1.165) is 44.0 Å². The molecule has 0 aliphatic heterocycles. The van der Waals surface area contributed by atoms with Crippen LogP contribution in [-0.4, -0.2) is 44.4 Å². The lowest BCUT2D eigenvalue weighted by Crippen LogP contribution is -2.39. The molecule has 1 aromatic rings. The molecule has 0 heterocycles. The third kappa shape index (κ3) is 5.80. The third-order valence-corrected chi connectivity index (χ3v) is 3.55. The second-order valence-electron chi connectivity index (χ2n) is 4.92. The Labute approximate surface area is 122 Å². The van der Waals surface area contributed by atoms with E-state index >= 15 is 0 Å². The fourth-order valence-electron chi connectivity index (χ4n) is 2.38. The first-order chi connectivity index (χ1) is 9.71. The number of benzene rings is 1. The van der Waals surface area contributed by atoms with Crippen molar-refractivity contribution in [2.45, 2.75) is 32.7 Å². The molecule has 0 fully saturated rings. The van der Waals surface area contributed by atoms with Gasteiger partial charge in [-0.3, -0.25) is 4.90 Å². The molecule has 0 saturated heterocycles. The summed E-state index contributed by atoms with van der Waals surface area (Å²) in [4.78, 5) is 2.44. The van der Waals surface area contributed by atoms with Crippen LogP contribution in [0.25, 0.3) is 0 Å². The molecule has 114 valence electrons. The minimum atomic E-state index is 0.592. The fourth-order valence-corrected chi connectivity index (χ4v) is 2.38. The lowest BCUT2D eigenvalue weighted by molar-refractivity contribution is 0.101. The van der Waals surface area contributed by atoms with Crippen molar-refractivity contribution in [2.75, 3.05) is 39.1 Å². The van der Waals surface area contributed by atoms with E-state index in [1.807, 2.05) is 24.3 Å². The lowest BCUT2D eigenvalue weighted by atomic mass is 10.1. The Kier molecular flexibility index (Phi) is 8.07. The van der Waals surface area contributed by atoms with Gasteiger partial charge in [0.1, 0.15) is 12.4 Å². The molecular formula is C16H28N2O2. The standard InChI is InChI=1S/C16H28N2O2/c1-4-15(5-2)18(9-11-19-3)10-12-20-16-8-6-7-14(17)13-16/h6-8,13,15H,4-5,9-12,17H2,1-3H3. The summed E-state index contributed by atoms with van der Waals surface area (Å²) in [6.45, 7) is 7.74. The number of rotatable bonds is 10. The van der Waals surface area contributed by atoms with Crippen LogP contribution in [0.3, 0.4) is 0 Å². The third-order valence-electron chi connectivity index (χ3n) is 3.55. The van der Waals surface area contributed by atoms with Gasteiger partial charge in [-0.05, 0) is 25.0 Å². The van der Waals surface area contributed by atoms with Gasteiger partial charge in [-0.15, -0.1) is 0 Å². The van der Waals surface area contributed by atoms with Crippen molar-refractivity contribution >= 4 is 5.69 Å². The van der Waals surface area contributed by atoms with Gasteiger partial charge in [0.15, 0.2) is 0 Å². The summed E-state index contributed by atoms with van der Waals surface area (Å²) < 4.78 is 11.0. The second kappa shape index (κ2) is 9.61. The van der Waals surface area contributed by atoms with Crippen LogP contribution in [0, 0.1) is 0 Å². The summed E-state index contributed by atoms with van der Waals surface area (Å²) in [7, 11) is 1.74. The predicted octanol–water partition coefficient (Wildman–Crippen LogP) is 2.78. The van der Waals surface area contributed by atoms with Gasteiger partial charge in [-0.1, -0.05) is 19.9 Å². The molecule has 0 aliphatic carbocycles. The maximum absolute atomic E-state index is 5.77. The van der Waals surface area contributed by atoms with E-state index in [2.05, 4.69) is 18.7 Å². The number of ether oxygens (including phenoxy) is 2. The number of anilines is 1. The zero-order chi connectivity index (χ0) is 14.8. The molecule has 4 nitrogen and oxygen atoms in total. The first kappa shape index (κ1) is 16.8. The van der Waals surface area contributed by atoms with Crippen LogP contribution >= 0.6 is 0 Å². The fraction of sp³-hybridized carbons (Fsp3) is 0.625. The van der Waals surface area contributed by atoms with Gasteiger partial charge in [-0.25, -0.2) is 0 Å². The van der Waals surface area contributed by atoms with Crippen LogP contribution in [0.15, 0.2) is 24.3 Å². The van der Waals surface area contributed by atoms with Gasteiger partial charge in [0, 0.05) is 38.0 Å². The largest absolute Gasteiger partial charge is 0.492 e.